The molecule has 86 valence electrons. The van der Waals surface area contributed by atoms with Crippen LogP contribution in [0.15, 0.2) is 17.9 Å². The van der Waals surface area contributed by atoms with Crippen LogP contribution in [0, 0.1) is 6.92 Å². The Morgan fingerprint density at radius 3 is 2.88 bits per heavy atom. The zero-order valence-corrected chi connectivity index (χ0v) is 10.6. The highest BCUT2D eigenvalue weighted by Gasteiger charge is 2.06. The van der Waals surface area contributed by atoms with E-state index in [0.29, 0.717) is 6.04 Å². The third kappa shape index (κ3) is 2.24. The first-order chi connectivity index (χ1) is 7.68. The summed E-state index contributed by atoms with van der Waals surface area (Å²) in [5, 5.41) is 3.34. The summed E-state index contributed by atoms with van der Waals surface area (Å²) in [6.45, 7) is 7.11. The molecule has 0 atom stereocenters. The molecule has 0 aliphatic carbocycles. The van der Waals surface area contributed by atoms with Crippen molar-refractivity contribution in [3.05, 3.63) is 28.5 Å². The molecule has 0 aliphatic rings. The molecule has 0 saturated heterocycles. The zero-order chi connectivity index (χ0) is 11.5. The lowest BCUT2D eigenvalue weighted by molar-refractivity contribution is 0.604. The average Bonchev–Trinajstić information content (AvgIpc) is 2.83. The van der Waals surface area contributed by atoms with Gasteiger partial charge in [0.1, 0.15) is 0 Å². The fraction of sp³-hybridized carbons (Fsp3) is 0.455. The van der Waals surface area contributed by atoms with Crippen LogP contribution in [0.2, 0.25) is 0 Å². The lowest BCUT2D eigenvalue weighted by Crippen LogP contribution is -2.08. The van der Waals surface area contributed by atoms with Crippen molar-refractivity contribution in [2.45, 2.75) is 33.4 Å². The van der Waals surface area contributed by atoms with Gasteiger partial charge in [0.25, 0.3) is 0 Å². The van der Waals surface area contributed by atoms with Gasteiger partial charge in [0, 0.05) is 23.3 Å². The third-order valence-corrected chi connectivity index (χ3v) is 3.41. The second-order valence-electron chi connectivity index (χ2n) is 3.97. The molecule has 0 spiro atoms. The summed E-state index contributed by atoms with van der Waals surface area (Å²) < 4.78 is 2.12. The predicted octanol–water partition coefficient (Wildman–Crippen LogP) is 2.84. The molecule has 0 bridgehead atoms. The summed E-state index contributed by atoms with van der Waals surface area (Å²) in [4.78, 5) is 9.79. The first kappa shape index (κ1) is 11.1. The topological polar surface area (TPSA) is 42.7 Å². The van der Waals surface area contributed by atoms with Gasteiger partial charge in [0.15, 0.2) is 0 Å². The second kappa shape index (κ2) is 4.65. The number of anilines is 1. The number of aryl methyl sites for hydroxylation is 1. The fourth-order valence-electron chi connectivity index (χ4n) is 1.52. The molecule has 0 saturated carbocycles. The maximum Gasteiger partial charge on any atom is 0.203 e. The molecule has 4 nitrogen and oxygen atoms in total. The maximum absolute atomic E-state index is 4.30. The molecule has 1 N–H and O–H groups in total. The number of aromatic nitrogens is 3. The van der Waals surface area contributed by atoms with Crippen molar-refractivity contribution >= 4 is 17.3 Å². The van der Waals surface area contributed by atoms with E-state index in [1.165, 1.54) is 4.88 Å². The standard InChI is InChI=1S/C11H16N4S/c1-8(2)15-5-4-12-11(15)13-6-10-9(3)14-7-16-10/h4-5,7-8H,6H2,1-3H3,(H,12,13). The molecular formula is C11H16N4S. The van der Waals surface area contributed by atoms with Crippen molar-refractivity contribution in [2.24, 2.45) is 0 Å². The number of rotatable bonds is 4. The van der Waals surface area contributed by atoms with Crippen LogP contribution in [0.25, 0.3) is 0 Å². The molecule has 16 heavy (non-hydrogen) atoms. The molecule has 2 rings (SSSR count). The summed E-state index contributed by atoms with van der Waals surface area (Å²) in [7, 11) is 0. The van der Waals surface area contributed by atoms with Crippen LogP contribution in [0.5, 0.6) is 0 Å². The van der Waals surface area contributed by atoms with Gasteiger partial charge in [-0.2, -0.15) is 0 Å². The van der Waals surface area contributed by atoms with Crippen molar-refractivity contribution in [2.75, 3.05) is 5.32 Å². The van der Waals surface area contributed by atoms with Crippen LogP contribution in [0.1, 0.15) is 30.5 Å². The van der Waals surface area contributed by atoms with Crippen molar-refractivity contribution in [3.8, 4) is 0 Å². The smallest absolute Gasteiger partial charge is 0.203 e. The number of thiazole rings is 1. The Balaban J connectivity index is 2.05. The quantitative estimate of drug-likeness (QED) is 0.887. The van der Waals surface area contributed by atoms with Gasteiger partial charge in [0.05, 0.1) is 17.7 Å². The largest absolute Gasteiger partial charge is 0.351 e. The van der Waals surface area contributed by atoms with Gasteiger partial charge in [-0.3, -0.25) is 0 Å². The summed E-state index contributed by atoms with van der Waals surface area (Å²) in [5.41, 5.74) is 2.97. The summed E-state index contributed by atoms with van der Waals surface area (Å²) in [5.74, 6) is 0.919. The first-order valence-corrected chi connectivity index (χ1v) is 6.22. The van der Waals surface area contributed by atoms with Gasteiger partial charge in [-0.1, -0.05) is 0 Å². The van der Waals surface area contributed by atoms with E-state index in [9.17, 15) is 0 Å². The Labute approximate surface area is 99.4 Å². The maximum atomic E-state index is 4.30. The molecule has 2 aromatic rings. The third-order valence-electron chi connectivity index (χ3n) is 2.48. The van der Waals surface area contributed by atoms with E-state index in [1.807, 2.05) is 24.8 Å². The van der Waals surface area contributed by atoms with Gasteiger partial charge < -0.3 is 9.88 Å². The van der Waals surface area contributed by atoms with Crippen LogP contribution in [0.4, 0.5) is 5.95 Å². The molecule has 0 aromatic carbocycles. The summed E-state index contributed by atoms with van der Waals surface area (Å²) in [6.07, 6.45) is 3.81. The fourth-order valence-corrected chi connectivity index (χ4v) is 2.24. The minimum absolute atomic E-state index is 0.424. The number of nitrogens with one attached hydrogen (secondary N) is 1. The van der Waals surface area contributed by atoms with E-state index < -0.39 is 0 Å². The van der Waals surface area contributed by atoms with Crippen molar-refractivity contribution in [1.82, 2.24) is 14.5 Å². The predicted molar refractivity (Wildman–Crippen MR) is 66.8 cm³/mol. The van der Waals surface area contributed by atoms with E-state index in [0.717, 1.165) is 18.2 Å². The van der Waals surface area contributed by atoms with E-state index >= 15 is 0 Å². The number of hydrogen-bond acceptors (Lipinski definition) is 4. The molecule has 0 aliphatic heterocycles. The van der Waals surface area contributed by atoms with Crippen LogP contribution < -0.4 is 5.32 Å². The van der Waals surface area contributed by atoms with Crippen molar-refractivity contribution in [1.29, 1.82) is 0 Å². The van der Waals surface area contributed by atoms with E-state index in [1.54, 1.807) is 11.3 Å². The Morgan fingerprint density at radius 2 is 2.25 bits per heavy atom. The van der Waals surface area contributed by atoms with Gasteiger partial charge in [-0.15, -0.1) is 11.3 Å². The SMILES string of the molecule is Cc1ncsc1CNc1nccn1C(C)C. The van der Waals surface area contributed by atoms with Gasteiger partial charge >= 0.3 is 0 Å². The minimum atomic E-state index is 0.424. The molecule has 0 radical (unpaired) electrons. The highest BCUT2D eigenvalue weighted by atomic mass is 32.1. The molecular weight excluding hydrogens is 220 g/mol. The van der Waals surface area contributed by atoms with Crippen LogP contribution in [-0.2, 0) is 6.54 Å². The average molecular weight is 236 g/mol. The molecule has 0 amide bonds. The molecule has 2 aromatic heterocycles. The molecule has 0 unspecified atom stereocenters. The highest BCUT2D eigenvalue weighted by Crippen LogP contribution is 2.16. The number of imidazole rings is 1. The lowest BCUT2D eigenvalue weighted by atomic mass is 10.4. The lowest BCUT2D eigenvalue weighted by Gasteiger charge is -2.12. The van der Waals surface area contributed by atoms with Crippen LogP contribution in [0.3, 0.4) is 0 Å². The highest BCUT2D eigenvalue weighted by molar-refractivity contribution is 7.09. The Morgan fingerprint density at radius 1 is 1.44 bits per heavy atom. The summed E-state index contributed by atoms with van der Waals surface area (Å²) in [6, 6.07) is 0.424. The van der Waals surface area contributed by atoms with E-state index in [2.05, 4.69) is 33.7 Å². The molecule has 2 heterocycles. The van der Waals surface area contributed by atoms with Crippen molar-refractivity contribution in [3.63, 3.8) is 0 Å². The normalized spacial score (nSPS) is 11.0. The zero-order valence-electron chi connectivity index (χ0n) is 9.77. The van der Waals surface area contributed by atoms with Gasteiger partial charge in [0.2, 0.25) is 5.95 Å². The molecule has 0 fully saturated rings. The van der Waals surface area contributed by atoms with Crippen molar-refractivity contribution < 1.29 is 0 Å². The minimum Gasteiger partial charge on any atom is -0.351 e. The number of hydrogen-bond donors (Lipinski definition) is 1. The Kier molecular flexibility index (Phi) is 3.24. The van der Waals surface area contributed by atoms with Crippen LogP contribution in [-0.4, -0.2) is 14.5 Å². The summed E-state index contributed by atoms with van der Waals surface area (Å²) >= 11 is 1.67. The monoisotopic (exact) mass is 236 g/mol. The second-order valence-corrected chi connectivity index (χ2v) is 4.91. The molecule has 5 heteroatoms. The first-order valence-electron chi connectivity index (χ1n) is 5.34. The Bertz CT molecular complexity index is 458. The van der Waals surface area contributed by atoms with Gasteiger partial charge in [-0.25, -0.2) is 9.97 Å². The number of nitrogens with zero attached hydrogens (tertiary/aromatic N) is 3. The van der Waals surface area contributed by atoms with Gasteiger partial charge in [-0.05, 0) is 20.8 Å². The van der Waals surface area contributed by atoms with E-state index in [4.69, 9.17) is 0 Å². The Hall–Kier alpha value is -1.36. The van der Waals surface area contributed by atoms with Crippen LogP contribution >= 0.6 is 11.3 Å². The van der Waals surface area contributed by atoms with E-state index in [-0.39, 0.29) is 0 Å².